The first-order chi connectivity index (χ1) is 13.4. The van der Waals surface area contributed by atoms with Gasteiger partial charge in [-0.25, -0.2) is 0 Å². The number of ether oxygens (including phenoxy) is 1. The Hall–Kier alpha value is -2.53. The summed E-state index contributed by atoms with van der Waals surface area (Å²) in [5.74, 6) is 0.116. The zero-order chi connectivity index (χ0) is 20.5. The highest BCUT2D eigenvalue weighted by atomic mass is 35.5. The second kappa shape index (κ2) is 10.7. The number of nitrogens with one attached hydrogen (secondary N) is 1. The van der Waals surface area contributed by atoms with Crippen LogP contribution in [0.5, 0.6) is 5.75 Å². The van der Waals surface area contributed by atoms with Gasteiger partial charge in [-0.2, -0.15) is 0 Å². The summed E-state index contributed by atoms with van der Waals surface area (Å²) >= 11 is 5.87. The van der Waals surface area contributed by atoms with Crippen molar-refractivity contribution in [2.45, 2.75) is 45.8 Å². The number of benzene rings is 2. The zero-order valence-electron chi connectivity index (χ0n) is 16.5. The Balaban J connectivity index is 2.10. The van der Waals surface area contributed by atoms with Gasteiger partial charge in [0.05, 0.1) is 0 Å². The molecule has 0 radical (unpaired) electrons. The fraction of sp³-hybridized carbons (Fsp3) is 0.364. The Bertz CT molecular complexity index is 765. The first kappa shape index (κ1) is 21.8. The van der Waals surface area contributed by atoms with E-state index in [-0.39, 0.29) is 24.5 Å². The summed E-state index contributed by atoms with van der Waals surface area (Å²) in [5.41, 5.74) is 0.950. The quantitative estimate of drug-likeness (QED) is 0.688. The molecule has 0 saturated heterocycles. The van der Waals surface area contributed by atoms with Crippen LogP contribution in [0.3, 0.4) is 0 Å². The van der Waals surface area contributed by atoms with E-state index in [0.29, 0.717) is 17.3 Å². The molecule has 0 aliphatic heterocycles. The number of carbonyl (C=O) groups is 2. The zero-order valence-corrected chi connectivity index (χ0v) is 17.3. The SMILES string of the molecule is CC[C@H](C)NC(=O)[C@H](C)N(Cc1ccccc1)C(=O)COc1ccc(Cl)cc1. The number of rotatable bonds is 9. The van der Waals surface area contributed by atoms with E-state index in [1.807, 2.05) is 44.2 Å². The van der Waals surface area contributed by atoms with Crippen molar-refractivity contribution >= 4 is 23.4 Å². The minimum Gasteiger partial charge on any atom is -0.484 e. The topological polar surface area (TPSA) is 58.6 Å². The third kappa shape index (κ3) is 6.57. The van der Waals surface area contributed by atoms with Crippen molar-refractivity contribution in [1.82, 2.24) is 10.2 Å². The highest BCUT2D eigenvalue weighted by molar-refractivity contribution is 6.30. The predicted octanol–water partition coefficient (Wildman–Crippen LogP) is 4.05. The first-order valence-corrected chi connectivity index (χ1v) is 9.80. The number of amides is 2. The fourth-order valence-electron chi connectivity index (χ4n) is 2.59. The second-order valence-electron chi connectivity index (χ2n) is 6.74. The molecule has 2 rings (SSSR count). The molecular formula is C22H27ClN2O3. The molecule has 6 heteroatoms. The van der Waals surface area contributed by atoms with E-state index in [2.05, 4.69) is 5.32 Å². The monoisotopic (exact) mass is 402 g/mol. The van der Waals surface area contributed by atoms with E-state index in [4.69, 9.17) is 16.3 Å². The molecule has 2 aromatic carbocycles. The lowest BCUT2D eigenvalue weighted by atomic mass is 10.1. The summed E-state index contributed by atoms with van der Waals surface area (Å²) in [6, 6.07) is 15.8. The van der Waals surface area contributed by atoms with E-state index in [1.54, 1.807) is 36.1 Å². The molecule has 5 nitrogen and oxygen atoms in total. The van der Waals surface area contributed by atoms with E-state index in [0.717, 1.165) is 12.0 Å². The van der Waals surface area contributed by atoms with Gasteiger partial charge in [0.1, 0.15) is 11.8 Å². The van der Waals surface area contributed by atoms with Crippen molar-refractivity contribution in [3.8, 4) is 5.75 Å². The summed E-state index contributed by atoms with van der Waals surface area (Å²) in [6.45, 7) is 5.86. The van der Waals surface area contributed by atoms with Crippen LogP contribution >= 0.6 is 11.6 Å². The standard InChI is InChI=1S/C22H27ClN2O3/c1-4-16(2)24-22(27)17(3)25(14-18-8-6-5-7-9-18)21(26)15-28-20-12-10-19(23)11-13-20/h5-13,16-17H,4,14-15H2,1-3H3,(H,24,27)/t16-,17-/m0/s1. The number of hydrogen-bond acceptors (Lipinski definition) is 3. The Morgan fingerprint density at radius 1 is 1.07 bits per heavy atom. The highest BCUT2D eigenvalue weighted by Gasteiger charge is 2.27. The summed E-state index contributed by atoms with van der Waals surface area (Å²) in [6.07, 6.45) is 0.824. The van der Waals surface area contributed by atoms with Crippen molar-refractivity contribution in [3.63, 3.8) is 0 Å². The molecule has 0 aromatic heterocycles. The average molecular weight is 403 g/mol. The van der Waals surface area contributed by atoms with E-state index in [9.17, 15) is 9.59 Å². The lowest BCUT2D eigenvalue weighted by Crippen LogP contribution is -2.50. The Morgan fingerprint density at radius 2 is 1.71 bits per heavy atom. The van der Waals surface area contributed by atoms with E-state index < -0.39 is 6.04 Å². The van der Waals surface area contributed by atoms with Crippen LogP contribution < -0.4 is 10.1 Å². The normalized spacial score (nSPS) is 12.7. The molecule has 0 spiro atoms. The summed E-state index contributed by atoms with van der Waals surface area (Å²) < 4.78 is 5.59. The van der Waals surface area contributed by atoms with Gasteiger partial charge < -0.3 is 15.0 Å². The number of nitrogens with zero attached hydrogens (tertiary/aromatic N) is 1. The predicted molar refractivity (Wildman–Crippen MR) is 111 cm³/mol. The third-order valence-electron chi connectivity index (χ3n) is 4.54. The Labute approximate surface area is 171 Å². The summed E-state index contributed by atoms with van der Waals surface area (Å²) in [5, 5.41) is 3.54. The van der Waals surface area contributed by atoms with Gasteiger partial charge in [0.15, 0.2) is 6.61 Å². The largest absolute Gasteiger partial charge is 0.484 e. The second-order valence-corrected chi connectivity index (χ2v) is 7.18. The average Bonchev–Trinajstić information content (AvgIpc) is 2.71. The third-order valence-corrected chi connectivity index (χ3v) is 4.79. The van der Waals surface area contributed by atoms with Crippen LogP contribution in [-0.2, 0) is 16.1 Å². The fourth-order valence-corrected chi connectivity index (χ4v) is 2.71. The van der Waals surface area contributed by atoms with E-state index in [1.165, 1.54) is 0 Å². The van der Waals surface area contributed by atoms with Crippen molar-refractivity contribution in [3.05, 3.63) is 65.2 Å². The molecule has 1 N–H and O–H groups in total. The van der Waals surface area contributed by atoms with Gasteiger partial charge in [-0.05, 0) is 50.1 Å². The minimum atomic E-state index is -0.615. The number of carbonyl (C=O) groups excluding carboxylic acids is 2. The van der Waals surface area contributed by atoms with Gasteiger partial charge in [-0.15, -0.1) is 0 Å². The van der Waals surface area contributed by atoms with Crippen LogP contribution in [0.15, 0.2) is 54.6 Å². The lowest BCUT2D eigenvalue weighted by molar-refractivity contribution is -0.142. The maximum atomic E-state index is 12.9. The van der Waals surface area contributed by atoms with Crippen molar-refractivity contribution in [2.24, 2.45) is 0 Å². The molecule has 150 valence electrons. The molecule has 0 aliphatic rings. The summed E-state index contributed by atoms with van der Waals surface area (Å²) in [7, 11) is 0. The minimum absolute atomic E-state index is 0.0499. The van der Waals surface area contributed by atoms with Gasteiger partial charge in [0.25, 0.3) is 5.91 Å². The molecule has 2 amide bonds. The maximum Gasteiger partial charge on any atom is 0.261 e. The van der Waals surface area contributed by atoms with Gasteiger partial charge in [0, 0.05) is 17.6 Å². The first-order valence-electron chi connectivity index (χ1n) is 9.42. The Kier molecular flexibility index (Phi) is 8.33. The van der Waals surface area contributed by atoms with Gasteiger partial charge >= 0.3 is 0 Å². The molecule has 0 fully saturated rings. The number of halogens is 1. The molecule has 0 heterocycles. The maximum absolute atomic E-state index is 12.9. The molecule has 0 bridgehead atoms. The molecule has 28 heavy (non-hydrogen) atoms. The molecule has 2 aromatic rings. The van der Waals surface area contributed by atoms with Crippen LogP contribution in [0.4, 0.5) is 0 Å². The van der Waals surface area contributed by atoms with Crippen molar-refractivity contribution in [1.29, 1.82) is 0 Å². The van der Waals surface area contributed by atoms with Crippen molar-refractivity contribution < 1.29 is 14.3 Å². The van der Waals surface area contributed by atoms with Gasteiger partial charge in [0.2, 0.25) is 5.91 Å². The lowest BCUT2D eigenvalue weighted by Gasteiger charge is -2.29. The van der Waals surface area contributed by atoms with Gasteiger partial charge in [-0.3, -0.25) is 9.59 Å². The van der Waals surface area contributed by atoms with E-state index >= 15 is 0 Å². The van der Waals surface area contributed by atoms with Crippen LogP contribution in [0.25, 0.3) is 0 Å². The van der Waals surface area contributed by atoms with Crippen LogP contribution in [0.1, 0.15) is 32.8 Å². The molecule has 0 aliphatic carbocycles. The number of hydrogen-bond donors (Lipinski definition) is 1. The summed E-state index contributed by atoms with van der Waals surface area (Å²) in [4.78, 5) is 27.0. The van der Waals surface area contributed by atoms with Crippen molar-refractivity contribution in [2.75, 3.05) is 6.61 Å². The van der Waals surface area contributed by atoms with Gasteiger partial charge in [-0.1, -0.05) is 48.9 Å². The smallest absolute Gasteiger partial charge is 0.261 e. The molecule has 2 atom stereocenters. The highest BCUT2D eigenvalue weighted by Crippen LogP contribution is 2.16. The van der Waals surface area contributed by atoms with Crippen LogP contribution in [0.2, 0.25) is 5.02 Å². The Morgan fingerprint density at radius 3 is 2.32 bits per heavy atom. The van der Waals surface area contributed by atoms with Crippen LogP contribution in [-0.4, -0.2) is 35.4 Å². The molecule has 0 unspecified atom stereocenters. The molecular weight excluding hydrogens is 376 g/mol. The molecule has 0 saturated carbocycles. The van der Waals surface area contributed by atoms with Crippen LogP contribution in [0, 0.1) is 0 Å².